The molecule has 1 rings (SSSR count). The van der Waals surface area contributed by atoms with E-state index >= 15 is 0 Å². The smallest absolute Gasteiger partial charge is 0.213 e. The van der Waals surface area contributed by atoms with Gasteiger partial charge in [-0.1, -0.05) is 0 Å². The Kier molecular flexibility index (Phi) is 2.06. The molecule has 0 fully saturated rings. The maximum absolute atomic E-state index is 10.2. The number of hydrogen-bond acceptors (Lipinski definition) is 2. The fourth-order valence-electron chi connectivity index (χ4n) is 0.675. The molecule has 0 aromatic carbocycles. The van der Waals surface area contributed by atoms with Crippen LogP contribution in [0.5, 0.6) is 0 Å². The Labute approximate surface area is 64.1 Å². The summed E-state index contributed by atoms with van der Waals surface area (Å²) in [5.74, 6) is 0. The average molecular weight is 155 g/mol. The Morgan fingerprint density at radius 1 is 1.70 bits per heavy atom. The molecule has 0 atom stereocenters. The minimum absolute atomic E-state index is 0.807. The Hall–Kier alpha value is -0.830. The van der Waals surface area contributed by atoms with Gasteiger partial charge >= 0.3 is 0 Å². The average Bonchev–Trinajstić information content (AvgIpc) is 2.34. The number of carbonyl (C=O) groups excluding carboxylic acids is 1. The van der Waals surface area contributed by atoms with E-state index in [-0.39, 0.29) is 0 Å². The summed E-state index contributed by atoms with van der Waals surface area (Å²) < 4.78 is 0. The van der Waals surface area contributed by atoms with E-state index in [1.807, 2.05) is 18.4 Å². The number of thiophene rings is 1. The first-order valence-electron chi connectivity index (χ1n) is 2.97. The Balaban J connectivity index is 2.84. The van der Waals surface area contributed by atoms with Crippen LogP contribution >= 0.6 is 11.3 Å². The third kappa shape index (κ3) is 1.36. The minimum Gasteiger partial charge on any atom is -0.317 e. The first-order valence-corrected chi connectivity index (χ1v) is 3.85. The SMILES string of the molecule is Cc1cc(N(C)C=O)cs1. The van der Waals surface area contributed by atoms with Crippen LogP contribution in [0.2, 0.25) is 0 Å². The van der Waals surface area contributed by atoms with Gasteiger partial charge in [0, 0.05) is 17.3 Å². The van der Waals surface area contributed by atoms with E-state index < -0.39 is 0 Å². The van der Waals surface area contributed by atoms with Gasteiger partial charge in [0.05, 0.1) is 5.69 Å². The standard InChI is InChI=1S/C7H9NOS/c1-6-3-7(4-10-6)8(2)5-9/h3-5H,1-2H3. The van der Waals surface area contributed by atoms with Crippen LogP contribution in [0, 0.1) is 6.92 Å². The van der Waals surface area contributed by atoms with Crippen molar-refractivity contribution in [1.82, 2.24) is 0 Å². The molecule has 1 heterocycles. The molecule has 0 aliphatic heterocycles. The first kappa shape index (κ1) is 7.28. The molecule has 0 aliphatic carbocycles. The second-order valence-corrected chi connectivity index (χ2v) is 3.25. The number of anilines is 1. The third-order valence-corrected chi connectivity index (χ3v) is 2.13. The van der Waals surface area contributed by atoms with Crippen LogP contribution in [0.1, 0.15) is 4.88 Å². The number of hydrogen-bond donors (Lipinski definition) is 0. The fourth-order valence-corrected chi connectivity index (χ4v) is 1.41. The monoisotopic (exact) mass is 155 g/mol. The molecule has 2 nitrogen and oxygen atoms in total. The second kappa shape index (κ2) is 2.84. The minimum atomic E-state index is 0.807. The van der Waals surface area contributed by atoms with Crippen LogP contribution < -0.4 is 4.90 Å². The predicted octanol–water partition coefficient (Wildman–Crippen LogP) is 1.65. The van der Waals surface area contributed by atoms with Crippen LogP contribution in [0.4, 0.5) is 5.69 Å². The van der Waals surface area contributed by atoms with Gasteiger partial charge in [0.1, 0.15) is 0 Å². The normalized spacial score (nSPS) is 9.40. The first-order chi connectivity index (χ1) is 4.74. The summed E-state index contributed by atoms with van der Waals surface area (Å²) in [5, 5.41) is 1.96. The van der Waals surface area contributed by atoms with Crippen LogP contribution in [-0.2, 0) is 4.79 Å². The summed E-state index contributed by atoms with van der Waals surface area (Å²) in [5.41, 5.74) is 0.970. The zero-order valence-electron chi connectivity index (χ0n) is 6.00. The lowest BCUT2D eigenvalue weighted by molar-refractivity contribution is -0.107. The molecule has 1 amide bonds. The summed E-state index contributed by atoms with van der Waals surface area (Å²) in [6, 6.07) is 1.99. The molecular weight excluding hydrogens is 146 g/mol. The quantitative estimate of drug-likeness (QED) is 0.595. The van der Waals surface area contributed by atoms with Gasteiger partial charge in [0.15, 0.2) is 0 Å². The summed E-state index contributed by atoms with van der Waals surface area (Å²) in [4.78, 5) is 13.0. The van der Waals surface area contributed by atoms with Crippen molar-refractivity contribution in [2.24, 2.45) is 0 Å². The predicted molar refractivity (Wildman–Crippen MR) is 43.5 cm³/mol. The topological polar surface area (TPSA) is 20.3 Å². The third-order valence-electron chi connectivity index (χ3n) is 1.28. The number of aryl methyl sites for hydroxylation is 1. The molecule has 0 radical (unpaired) electrons. The molecule has 0 N–H and O–H groups in total. The van der Waals surface area contributed by atoms with Crippen molar-refractivity contribution in [3.63, 3.8) is 0 Å². The zero-order chi connectivity index (χ0) is 7.56. The summed E-state index contributed by atoms with van der Waals surface area (Å²) in [6.45, 7) is 2.02. The van der Waals surface area contributed by atoms with Crippen molar-refractivity contribution in [3.8, 4) is 0 Å². The highest BCUT2D eigenvalue weighted by atomic mass is 32.1. The van der Waals surface area contributed by atoms with Gasteiger partial charge in [-0.2, -0.15) is 0 Å². The molecule has 54 valence electrons. The van der Waals surface area contributed by atoms with Crippen LogP contribution in [-0.4, -0.2) is 13.5 Å². The molecule has 1 aromatic rings. The number of amides is 1. The van der Waals surface area contributed by atoms with Crippen LogP contribution in [0.15, 0.2) is 11.4 Å². The largest absolute Gasteiger partial charge is 0.317 e. The van der Waals surface area contributed by atoms with E-state index in [2.05, 4.69) is 0 Å². The van der Waals surface area contributed by atoms with Gasteiger partial charge in [-0.15, -0.1) is 11.3 Å². The highest BCUT2D eigenvalue weighted by molar-refractivity contribution is 7.10. The van der Waals surface area contributed by atoms with E-state index in [0.717, 1.165) is 12.1 Å². The van der Waals surface area contributed by atoms with E-state index in [1.165, 1.54) is 4.88 Å². The lowest BCUT2D eigenvalue weighted by atomic mass is 10.4. The Morgan fingerprint density at radius 3 is 2.80 bits per heavy atom. The maximum atomic E-state index is 10.2. The van der Waals surface area contributed by atoms with Crippen LogP contribution in [0.3, 0.4) is 0 Å². The Bertz CT molecular complexity index is 231. The van der Waals surface area contributed by atoms with Gasteiger partial charge in [0.2, 0.25) is 6.41 Å². The summed E-state index contributed by atoms with van der Waals surface area (Å²) in [7, 11) is 1.74. The van der Waals surface area contributed by atoms with E-state index in [9.17, 15) is 4.79 Å². The second-order valence-electron chi connectivity index (χ2n) is 2.13. The molecule has 0 spiro atoms. The van der Waals surface area contributed by atoms with Gasteiger partial charge in [0.25, 0.3) is 0 Å². The van der Waals surface area contributed by atoms with Crippen molar-refractivity contribution in [2.45, 2.75) is 6.92 Å². The van der Waals surface area contributed by atoms with Crippen molar-refractivity contribution in [3.05, 3.63) is 16.3 Å². The van der Waals surface area contributed by atoms with Gasteiger partial charge in [-0.05, 0) is 13.0 Å². The molecule has 0 saturated carbocycles. The molecule has 0 saturated heterocycles. The van der Waals surface area contributed by atoms with E-state index in [1.54, 1.807) is 23.3 Å². The molecule has 0 unspecified atom stereocenters. The molecule has 0 bridgehead atoms. The van der Waals surface area contributed by atoms with Gasteiger partial charge in [-0.3, -0.25) is 4.79 Å². The molecule has 3 heteroatoms. The Morgan fingerprint density at radius 2 is 2.40 bits per heavy atom. The summed E-state index contributed by atoms with van der Waals surface area (Å²) >= 11 is 1.65. The molecule has 10 heavy (non-hydrogen) atoms. The number of carbonyl (C=O) groups is 1. The van der Waals surface area contributed by atoms with Gasteiger partial charge in [-0.25, -0.2) is 0 Å². The fraction of sp³-hybridized carbons (Fsp3) is 0.286. The highest BCUT2D eigenvalue weighted by Gasteiger charge is 1.98. The number of nitrogens with zero attached hydrogens (tertiary/aromatic N) is 1. The van der Waals surface area contributed by atoms with E-state index in [4.69, 9.17) is 0 Å². The highest BCUT2D eigenvalue weighted by Crippen LogP contribution is 2.19. The molecular formula is C7H9NOS. The molecule has 0 aliphatic rings. The lowest BCUT2D eigenvalue weighted by Crippen LogP contribution is -2.12. The molecule has 1 aromatic heterocycles. The van der Waals surface area contributed by atoms with Crippen molar-refractivity contribution in [2.75, 3.05) is 11.9 Å². The van der Waals surface area contributed by atoms with Crippen molar-refractivity contribution >= 4 is 23.4 Å². The number of rotatable bonds is 2. The lowest BCUT2D eigenvalue weighted by Gasteiger charge is -2.05. The van der Waals surface area contributed by atoms with Gasteiger partial charge < -0.3 is 4.90 Å². The van der Waals surface area contributed by atoms with E-state index in [0.29, 0.717) is 0 Å². The summed E-state index contributed by atoms with van der Waals surface area (Å²) in [6.07, 6.45) is 0.807. The zero-order valence-corrected chi connectivity index (χ0v) is 6.81. The van der Waals surface area contributed by atoms with Crippen molar-refractivity contribution < 1.29 is 4.79 Å². The maximum Gasteiger partial charge on any atom is 0.213 e. The van der Waals surface area contributed by atoms with Crippen molar-refractivity contribution in [1.29, 1.82) is 0 Å². The van der Waals surface area contributed by atoms with Crippen LogP contribution in [0.25, 0.3) is 0 Å².